The summed E-state index contributed by atoms with van der Waals surface area (Å²) < 4.78 is 0. The summed E-state index contributed by atoms with van der Waals surface area (Å²) in [5.74, 6) is -1.75. The molecular weight excluding hydrogens is 158 g/mol. The van der Waals surface area contributed by atoms with E-state index in [1.54, 1.807) is 0 Å². The van der Waals surface area contributed by atoms with Gasteiger partial charge in [0, 0.05) is 13.8 Å². The van der Waals surface area contributed by atoms with Gasteiger partial charge in [0.2, 0.25) is 0 Å². The fourth-order valence-electron chi connectivity index (χ4n) is 0.105. The largest absolute Gasteiger partial charge is 0.481 e. The number of hydrogen-bond acceptors (Lipinski definition) is 5. The molecule has 0 heterocycles. The molecule has 7 nitrogen and oxygen atoms in total. The lowest BCUT2D eigenvalue weighted by Crippen LogP contribution is -2.04. The number of carbonyl (C=O) groups excluding carboxylic acids is 1. The lowest BCUT2D eigenvalue weighted by atomic mass is 10.8. The number of hydrogen-bond donors (Lipinski definition) is 1. The van der Waals surface area contributed by atoms with E-state index in [2.05, 4.69) is 4.84 Å². The van der Waals surface area contributed by atoms with Crippen LogP contribution in [-0.2, 0) is 14.4 Å². The summed E-state index contributed by atoms with van der Waals surface area (Å²) in [6, 6.07) is 0. The van der Waals surface area contributed by atoms with E-state index in [9.17, 15) is 14.9 Å². The van der Waals surface area contributed by atoms with Crippen LogP contribution in [0.15, 0.2) is 0 Å². The zero-order valence-electron chi connectivity index (χ0n) is 5.94. The molecule has 0 fully saturated rings. The molecule has 0 aromatic rings. The van der Waals surface area contributed by atoms with Crippen LogP contribution in [0.25, 0.3) is 0 Å². The number of nitrogens with zero attached hydrogens (tertiary/aromatic N) is 1. The lowest BCUT2D eigenvalue weighted by Gasteiger charge is -1.82. The molecule has 0 rings (SSSR count). The number of aliphatic carboxylic acids is 1. The van der Waals surface area contributed by atoms with Crippen molar-refractivity contribution in [3.63, 3.8) is 0 Å². The molecule has 0 radical (unpaired) electrons. The summed E-state index contributed by atoms with van der Waals surface area (Å²) in [5.41, 5.74) is 0. The first-order chi connectivity index (χ1) is 4.86. The summed E-state index contributed by atoms with van der Waals surface area (Å²) in [5, 5.41) is 15.4. The van der Waals surface area contributed by atoms with E-state index in [1.165, 1.54) is 0 Å². The molecule has 7 heteroatoms. The smallest absolute Gasteiger partial charge is 0.302 e. The fourth-order valence-corrected chi connectivity index (χ4v) is 0.105. The number of carboxylic acids is 1. The number of carbonyl (C=O) groups is 2. The Balaban J connectivity index is 0. The van der Waals surface area contributed by atoms with Crippen molar-refractivity contribution >= 4 is 11.9 Å². The van der Waals surface area contributed by atoms with Gasteiger partial charge in [-0.25, -0.2) is 4.84 Å². The molecule has 11 heavy (non-hydrogen) atoms. The topological polar surface area (TPSA) is 107 Å². The van der Waals surface area contributed by atoms with Gasteiger partial charge in [-0.05, 0) is 0 Å². The van der Waals surface area contributed by atoms with Crippen molar-refractivity contribution < 1.29 is 24.6 Å². The van der Waals surface area contributed by atoms with Gasteiger partial charge in [-0.2, -0.15) is 0 Å². The maximum Gasteiger partial charge on any atom is 0.302 e. The van der Waals surface area contributed by atoms with E-state index in [-0.39, 0.29) is 0 Å². The zero-order chi connectivity index (χ0) is 9.44. The van der Waals surface area contributed by atoms with Crippen LogP contribution in [0.3, 0.4) is 0 Å². The Bertz CT molecular complexity index is 148. The molecule has 64 valence electrons. The van der Waals surface area contributed by atoms with Gasteiger partial charge in [0.25, 0.3) is 5.97 Å². The Hall–Kier alpha value is -1.66. The first kappa shape index (κ1) is 12.1. The van der Waals surface area contributed by atoms with E-state index >= 15 is 0 Å². The van der Waals surface area contributed by atoms with E-state index in [0.717, 1.165) is 13.8 Å². The Labute approximate surface area is 61.7 Å². The monoisotopic (exact) mass is 165 g/mol. The molecule has 0 aliphatic carbocycles. The predicted octanol–water partition coefficient (Wildman–Crippen LogP) is -0.168. The standard InChI is InChI=1S/C2H3NO4.C2H4O2/c1-2(4)7-3(5)6;1-2(3)4/h1H3;1H3,(H,3,4). The minimum absolute atomic E-state index is 0.833. The maximum absolute atomic E-state index is 9.59. The summed E-state index contributed by atoms with van der Waals surface area (Å²) >= 11 is 0. The molecule has 0 aromatic carbocycles. The minimum atomic E-state index is -1.15. The van der Waals surface area contributed by atoms with Crippen LogP contribution in [0, 0.1) is 10.1 Å². The SMILES string of the molecule is CC(=O)O.CC(=O)O[N+](=O)[O-]. The van der Waals surface area contributed by atoms with Crippen molar-refractivity contribution in [1.82, 2.24) is 0 Å². The first-order valence-electron chi connectivity index (χ1n) is 2.38. The van der Waals surface area contributed by atoms with Gasteiger partial charge in [-0.1, -0.05) is 0 Å². The van der Waals surface area contributed by atoms with Gasteiger partial charge in [0.1, 0.15) is 0 Å². The van der Waals surface area contributed by atoms with Crippen molar-refractivity contribution in [1.29, 1.82) is 0 Å². The molecule has 0 aliphatic rings. The second kappa shape index (κ2) is 6.46. The average molecular weight is 165 g/mol. The van der Waals surface area contributed by atoms with Crippen molar-refractivity contribution in [2.24, 2.45) is 0 Å². The van der Waals surface area contributed by atoms with E-state index in [1.807, 2.05) is 0 Å². The minimum Gasteiger partial charge on any atom is -0.481 e. The van der Waals surface area contributed by atoms with Crippen molar-refractivity contribution in [2.45, 2.75) is 13.8 Å². The van der Waals surface area contributed by atoms with Gasteiger partial charge in [0.05, 0.1) is 0 Å². The molecule has 0 unspecified atom stereocenters. The van der Waals surface area contributed by atoms with E-state index in [0.29, 0.717) is 0 Å². The van der Waals surface area contributed by atoms with Crippen LogP contribution in [-0.4, -0.2) is 22.1 Å². The van der Waals surface area contributed by atoms with Crippen LogP contribution in [0.5, 0.6) is 0 Å². The molecule has 0 amide bonds. The average Bonchev–Trinajstić information content (AvgIpc) is 1.56. The van der Waals surface area contributed by atoms with Crippen molar-refractivity contribution in [3.05, 3.63) is 10.1 Å². The lowest BCUT2D eigenvalue weighted by molar-refractivity contribution is -0.729. The normalized spacial score (nSPS) is 7.09. The third-order valence-corrected chi connectivity index (χ3v) is 0.203. The summed E-state index contributed by atoms with van der Waals surface area (Å²) in [6.45, 7) is 2.04. The Kier molecular flexibility index (Phi) is 7.08. The summed E-state index contributed by atoms with van der Waals surface area (Å²) in [7, 11) is 0. The van der Waals surface area contributed by atoms with Crippen LogP contribution in [0.1, 0.15) is 13.8 Å². The summed E-state index contributed by atoms with van der Waals surface area (Å²) in [6.07, 6.45) is 0. The van der Waals surface area contributed by atoms with Gasteiger partial charge in [-0.3, -0.25) is 9.59 Å². The highest BCUT2D eigenvalue weighted by Gasteiger charge is 1.95. The molecule has 0 saturated carbocycles. The van der Waals surface area contributed by atoms with Crippen molar-refractivity contribution in [3.8, 4) is 0 Å². The third kappa shape index (κ3) is 61.2. The highest BCUT2D eigenvalue weighted by atomic mass is 17.0. The zero-order valence-corrected chi connectivity index (χ0v) is 5.94. The van der Waals surface area contributed by atoms with Gasteiger partial charge in [-0.15, -0.1) is 10.1 Å². The number of rotatable bonds is 1. The van der Waals surface area contributed by atoms with Gasteiger partial charge < -0.3 is 5.11 Å². The molecular formula is C4H7NO6. The van der Waals surface area contributed by atoms with E-state index < -0.39 is 17.0 Å². The second-order valence-electron chi connectivity index (χ2n) is 1.33. The first-order valence-corrected chi connectivity index (χ1v) is 2.38. The second-order valence-corrected chi connectivity index (χ2v) is 1.33. The Morgan fingerprint density at radius 1 is 1.45 bits per heavy atom. The van der Waals surface area contributed by atoms with Crippen LogP contribution in [0.4, 0.5) is 0 Å². The summed E-state index contributed by atoms with van der Waals surface area (Å²) in [4.78, 5) is 31.1. The van der Waals surface area contributed by atoms with Gasteiger partial charge in [0.15, 0.2) is 0 Å². The molecule has 0 spiro atoms. The van der Waals surface area contributed by atoms with Crippen LogP contribution < -0.4 is 0 Å². The molecule has 0 aromatic heterocycles. The molecule has 1 N–H and O–H groups in total. The molecule has 0 bridgehead atoms. The van der Waals surface area contributed by atoms with Crippen LogP contribution in [0.2, 0.25) is 0 Å². The fraction of sp³-hybridized carbons (Fsp3) is 0.500. The highest BCUT2D eigenvalue weighted by molar-refractivity contribution is 5.64. The Morgan fingerprint density at radius 3 is 1.73 bits per heavy atom. The molecule has 0 aliphatic heterocycles. The highest BCUT2D eigenvalue weighted by Crippen LogP contribution is 1.72. The van der Waals surface area contributed by atoms with Crippen LogP contribution >= 0.6 is 0 Å². The predicted molar refractivity (Wildman–Crippen MR) is 32.1 cm³/mol. The number of carboxylic acid groups (broad SMARTS) is 1. The van der Waals surface area contributed by atoms with E-state index in [4.69, 9.17) is 9.90 Å². The Morgan fingerprint density at radius 2 is 1.73 bits per heavy atom. The van der Waals surface area contributed by atoms with Gasteiger partial charge >= 0.3 is 11.1 Å². The third-order valence-electron chi connectivity index (χ3n) is 0.203. The maximum atomic E-state index is 9.59. The molecule has 0 atom stereocenters. The quantitative estimate of drug-likeness (QED) is 0.427. The molecule has 0 saturated heterocycles. The van der Waals surface area contributed by atoms with Crippen molar-refractivity contribution in [2.75, 3.05) is 0 Å².